The first-order chi connectivity index (χ1) is 22.9. The largest absolute Gasteiger partial charge is 0.417 e. The molecule has 1 aliphatic heterocycles. The van der Waals surface area contributed by atoms with Crippen molar-refractivity contribution in [1.82, 2.24) is 4.90 Å². The van der Waals surface area contributed by atoms with E-state index in [0.717, 1.165) is 34.8 Å². The van der Waals surface area contributed by atoms with E-state index in [2.05, 4.69) is 0 Å². The average molecular weight is 696 g/mol. The Hall–Kier alpha value is -2.34. The highest BCUT2D eigenvalue weighted by Gasteiger charge is 2.52. The first-order valence-corrected chi connectivity index (χ1v) is 17.6. The number of anilines is 1. The predicted octanol–water partition coefficient (Wildman–Crippen LogP) is 6.12. The van der Waals surface area contributed by atoms with Gasteiger partial charge >= 0.3 is 6.18 Å². The lowest BCUT2D eigenvalue weighted by atomic mass is 9.54. The highest BCUT2D eigenvalue weighted by molar-refractivity contribution is 7.80. The third-order valence-corrected chi connectivity index (χ3v) is 10.6. The van der Waals surface area contributed by atoms with Crippen LogP contribution in [0.4, 0.5) is 18.9 Å². The van der Waals surface area contributed by atoms with E-state index < -0.39 is 28.7 Å². The number of carbonyl (C=O) groups excluding carboxylic acids is 1. The van der Waals surface area contributed by atoms with Crippen LogP contribution in [0, 0.1) is 29.1 Å². The van der Waals surface area contributed by atoms with Gasteiger partial charge in [0.1, 0.15) is 5.54 Å². The summed E-state index contributed by atoms with van der Waals surface area (Å²) in [5, 5.41) is 9.22. The van der Waals surface area contributed by atoms with Crippen LogP contribution in [-0.4, -0.2) is 93.1 Å². The van der Waals surface area contributed by atoms with Gasteiger partial charge in [0.2, 0.25) is 0 Å². The number of hydrogen-bond acceptors (Lipinski definition) is 8. The molecule has 4 bridgehead atoms. The molecule has 0 unspecified atom stereocenters. The summed E-state index contributed by atoms with van der Waals surface area (Å²) in [5.74, 6) is 2.23. The van der Waals surface area contributed by atoms with Crippen molar-refractivity contribution in [1.29, 1.82) is 5.26 Å². The molecule has 1 aromatic carbocycles. The Bertz CT molecular complexity index is 1280. The second kappa shape index (κ2) is 16.1. The summed E-state index contributed by atoms with van der Waals surface area (Å²) in [6.07, 6.45) is 4.61. The van der Waals surface area contributed by atoms with Crippen LogP contribution in [0.2, 0.25) is 0 Å². The van der Waals surface area contributed by atoms with Crippen molar-refractivity contribution in [2.75, 3.05) is 70.9 Å². The fraction of sp³-hybridized carbons (Fsp3) is 0.743. The van der Waals surface area contributed by atoms with Crippen molar-refractivity contribution < 1.29 is 41.7 Å². The third-order valence-electron chi connectivity index (χ3n) is 10.2. The lowest BCUT2D eigenvalue weighted by Gasteiger charge is -2.56. The lowest BCUT2D eigenvalue weighted by Crippen LogP contribution is -2.52. The van der Waals surface area contributed by atoms with E-state index in [1.54, 1.807) is 24.8 Å². The number of benzene rings is 1. The van der Waals surface area contributed by atoms with E-state index in [-0.39, 0.29) is 16.4 Å². The molecule has 13 heteroatoms. The number of nitriles is 1. The SMILES string of the molecule is CC1(C)C(=O)N(c2ccc(C#N)c(C(F)(F)F)c2)C(=S)N1CCCCOCCOCCOCCOCCOC12CC3CC(CC(C3)C1)C2. The summed E-state index contributed by atoms with van der Waals surface area (Å²) in [7, 11) is 0. The van der Waals surface area contributed by atoms with Gasteiger partial charge in [-0.1, -0.05) is 0 Å². The fourth-order valence-corrected chi connectivity index (χ4v) is 8.71. The van der Waals surface area contributed by atoms with Crippen molar-refractivity contribution in [2.24, 2.45) is 17.8 Å². The highest BCUT2D eigenvalue weighted by atomic mass is 32.1. The zero-order valence-electron chi connectivity index (χ0n) is 28.0. The molecule has 5 fully saturated rings. The summed E-state index contributed by atoms with van der Waals surface area (Å²) in [4.78, 5) is 16.1. The second-order valence-corrected chi connectivity index (χ2v) is 14.4. The Morgan fingerprint density at radius 3 is 1.90 bits per heavy atom. The third kappa shape index (κ3) is 8.87. The van der Waals surface area contributed by atoms with Gasteiger partial charge < -0.3 is 28.6 Å². The van der Waals surface area contributed by atoms with Gasteiger partial charge in [-0.3, -0.25) is 9.69 Å². The number of thiocarbonyl (C=S) groups is 1. The van der Waals surface area contributed by atoms with Crippen LogP contribution in [0.1, 0.15) is 76.3 Å². The minimum absolute atomic E-state index is 0.0125. The molecule has 0 aromatic heterocycles. The molecule has 0 spiro atoms. The number of carbonyl (C=O) groups is 1. The molecule has 6 rings (SSSR count). The molecular formula is C35H48F3N3O6S. The number of rotatable bonds is 19. The van der Waals surface area contributed by atoms with Gasteiger partial charge in [0.25, 0.3) is 5.91 Å². The summed E-state index contributed by atoms with van der Waals surface area (Å²) in [5.41, 5.74) is -2.53. The van der Waals surface area contributed by atoms with Crippen LogP contribution in [0.15, 0.2) is 18.2 Å². The summed E-state index contributed by atoms with van der Waals surface area (Å²) >= 11 is 5.53. The van der Waals surface area contributed by atoms with Gasteiger partial charge in [-0.05, 0) is 113 Å². The molecule has 1 aromatic rings. The van der Waals surface area contributed by atoms with Crippen LogP contribution in [0.5, 0.6) is 0 Å². The van der Waals surface area contributed by atoms with E-state index in [4.69, 9.17) is 41.2 Å². The van der Waals surface area contributed by atoms with Gasteiger partial charge in [-0.15, -0.1) is 0 Å². The van der Waals surface area contributed by atoms with Crippen molar-refractivity contribution in [3.05, 3.63) is 29.3 Å². The predicted molar refractivity (Wildman–Crippen MR) is 176 cm³/mol. The summed E-state index contributed by atoms with van der Waals surface area (Å²) < 4.78 is 69.4. The Balaban J connectivity index is 0.868. The second-order valence-electron chi connectivity index (χ2n) is 14.1. The van der Waals surface area contributed by atoms with E-state index >= 15 is 0 Å². The van der Waals surface area contributed by atoms with Gasteiger partial charge in [-0.25, -0.2) is 0 Å². The van der Waals surface area contributed by atoms with Crippen LogP contribution in [0.25, 0.3) is 0 Å². The maximum absolute atomic E-state index is 13.5. The number of hydrogen-bond donors (Lipinski definition) is 0. The number of amides is 1. The smallest absolute Gasteiger partial charge is 0.379 e. The van der Waals surface area contributed by atoms with Crippen molar-refractivity contribution in [3.8, 4) is 6.07 Å². The molecule has 1 heterocycles. The quantitative estimate of drug-likeness (QED) is 0.125. The van der Waals surface area contributed by atoms with E-state index in [9.17, 15) is 18.0 Å². The number of alkyl halides is 3. The average Bonchev–Trinajstić information content (AvgIpc) is 3.19. The maximum atomic E-state index is 13.5. The van der Waals surface area contributed by atoms with Crippen molar-refractivity contribution in [3.63, 3.8) is 0 Å². The normalized spacial score (nSPS) is 26.1. The van der Waals surface area contributed by atoms with Crippen LogP contribution < -0.4 is 4.90 Å². The summed E-state index contributed by atoms with van der Waals surface area (Å²) in [6, 6.07) is 4.73. The van der Waals surface area contributed by atoms with Crippen molar-refractivity contribution in [2.45, 2.75) is 82.5 Å². The molecule has 1 saturated heterocycles. The zero-order chi connectivity index (χ0) is 34.4. The van der Waals surface area contributed by atoms with E-state index in [1.165, 1.54) is 44.6 Å². The number of unbranched alkanes of at least 4 members (excludes halogenated alkanes) is 1. The Labute approximate surface area is 286 Å². The number of nitrogens with zero attached hydrogens (tertiary/aromatic N) is 3. The first-order valence-electron chi connectivity index (χ1n) is 17.2. The molecule has 0 atom stereocenters. The molecule has 4 aliphatic carbocycles. The molecule has 9 nitrogen and oxygen atoms in total. The van der Waals surface area contributed by atoms with Crippen LogP contribution in [0.3, 0.4) is 0 Å². The van der Waals surface area contributed by atoms with E-state index in [1.807, 2.05) is 0 Å². The number of halogens is 3. The maximum Gasteiger partial charge on any atom is 0.417 e. The van der Waals surface area contributed by atoms with E-state index in [0.29, 0.717) is 78.8 Å². The highest BCUT2D eigenvalue weighted by Crippen LogP contribution is 2.57. The molecule has 1 amide bonds. The molecular weight excluding hydrogens is 647 g/mol. The minimum atomic E-state index is -4.74. The topological polar surface area (TPSA) is 93.5 Å². The van der Waals surface area contributed by atoms with Crippen LogP contribution in [-0.2, 0) is 34.7 Å². The number of ether oxygens (including phenoxy) is 5. The Morgan fingerprint density at radius 2 is 1.38 bits per heavy atom. The molecule has 5 aliphatic rings. The molecule has 0 radical (unpaired) electrons. The molecule has 266 valence electrons. The molecule has 48 heavy (non-hydrogen) atoms. The van der Waals surface area contributed by atoms with Crippen LogP contribution >= 0.6 is 12.2 Å². The fourth-order valence-electron chi connectivity index (χ4n) is 8.20. The first kappa shape index (κ1) is 36.9. The summed E-state index contributed by atoms with van der Waals surface area (Å²) in [6.45, 7) is 8.45. The van der Waals surface area contributed by atoms with Gasteiger partial charge in [-0.2, -0.15) is 18.4 Å². The van der Waals surface area contributed by atoms with Gasteiger partial charge in [0, 0.05) is 13.2 Å². The monoisotopic (exact) mass is 695 g/mol. The Morgan fingerprint density at radius 1 is 0.854 bits per heavy atom. The zero-order valence-corrected chi connectivity index (χ0v) is 28.8. The lowest BCUT2D eigenvalue weighted by molar-refractivity contribution is -0.169. The van der Waals surface area contributed by atoms with Gasteiger partial charge in [0.05, 0.1) is 81.3 Å². The standard InChI is InChI=1S/C35H48F3N3O6S/c1-33(2)31(42)41(29-6-5-28(24-39)30(20-29)35(36,37)38)32(48)40(33)7-3-4-8-43-9-10-44-11-12-45-13-14-46-15-16-47-34-21-25-17-26(22-34)19-27(18-25)23-34/h5-6,20,25-27H,3-4,7-19,21-23H2,1-2H3. The molecule has 4 saturated carbocycles. The van der Waals surface area contributed by atoms with Crippen molar-refractivity contribution >= 4 is 28.9 Å². The Kier molecular flexibility index (Phi) is 12.4. The van der Waals surface area contributed by atoms with Gasteiger partial charge in [0.15, 0.2) is 5.11 Å². The minimum Gasteiger partial charge on any atom is -0.379 e. The molecule has 0 N–H and O–H groups in total.